The molecule has 0 saturated carbocycles. The number of imidazole rings is 1. The Morgan fingerprint density at radius 2 is 2.00 bits per heavy atom. The number of carbonyl (C=O) groups is 1. The smallest absolute Gasteiger partial charge is 0.278 e. The van der Waals surface area contributed by atoms with Gasteiger partial charge in [-0.2, -0.15) is 4.98 Å². The van der Waals surface area contributed by atoms with E-state index < -0.39 is 0 Å². The monoisotopic (exact) mass is 341 g/mol. The maximum Gasteiger partial charge on any atom is 0.278 e. The number of ether oxygens (including phenoxy) is 1. The first-order chi connectivity index (χ1) is 12.2. The predicted molar refractivity (Wildman–Crippen MR) is 94.2 cm³/mol. The molecule has 0 aliphatic rings. The minimum atomic E-state index is -0.375. The van der Waals surface area contributed by atoms with Gasteiger partial charge < -0.3 is 15.0 Å². The Bertz CT molecular complexity index is 917. The lowest BCUT2D eigenvalue weighted by molar-refractivity contribution is 0.0912. The number of carbonyl (C=O) groups excluding carboxylic acids is 1. The van der Waals surface area contributed by atoms with Gasteiger partial charge in [0, 0.05) is 6.54 Å². The summed E-state index contributed by atoms with van der Waals surface area (Å²) in [4.78, 5) is 38.0. The number of hydrogen-bond donors (Lipinski definition) is 3. The quantitative estimate of drug-likeness (QED) is 0.427. The van der Waals surface area contributed by atoms with Crippen LogP contribution in [-0.4, -0.2) is 38.9 Å². The second kappa shape index (κ2) is 7.61. The Labute approximate surface area is 143 Å². The third kappa shape index (κ3) is 4.03. The maximum absolute atomic E-state index is 12.2. The van der Waals surface area contributed by atoms with E-state index in [1.54, 1.807) is 12.1 Å². The molecule has 0 unspecified atom stereocenters. The summed E-state index contributed by atoms with van der Waals surface area (Å²) >= 11 is 0. The van der Waals surface area contributed by atoms with Crippen LogP contribution in [0.15, 0.2) is 35.1 Å². The molecule has 8 heteroatoms. The zero-order valence-corrected chi connectivity index (χ0v) is 13.8. The number of nitrogens with one attached hydrogen (secondary N) is 3. The SMILES string of the molecule is CCCCNc1nc2nc(C(=O)COc3ccccc3)[nH]c2c(=O)[nH]1. The molecule has 0 atom stereocenters. The van der Waals surface area contributed by atoms with Gasteiger partial charge in [0.05, 0.1) is 0 Å². The Kier molecular flexibility index (Phi) is 5.08. The number of rotatable bonds is 8. The topological polar surface area (TPSA) is 113 Å². The maximum atomic E-state index is 12.2. The number of para-hydroxylation sites is 1. The van der Waals surface area contributed by atoms with Gasteiger partial charge in [0.25, 0.3) is 5.56 Å². The van der Waals surface area contributed by atoms with Crippen molar-refractivity contribution in [3.05, 3.63) is 46.5 Å². The van der Waals surface area contributed by atoms with Gasteiger partial charge in [0.1, 0.15) is 5.75 Å². The number of Topliss-reactive ketones (excluding diaryl/α,β-unsaturated/α-hetero) is 1. The number of nitrogens with zero attached hydrogens (tertiary/aromatic N) is 2. The lowest BCUT2D eigenvalue weighted by atomic mass is 10.3. The van der Waals surface area contributed by atoms with Gasteiger partial charge in [-0.25, -0.2) is 4.98 Å². The van der Waals surface area contributed by atoms with Crippen molar-refractivity contribution in [3.63, 3.8) is 0 Å². The average Bonchev–Trinajstić information content (AvgIpc) is 3.06. The molecule has 0 bridgehead atoms. The van der Waals surface area contributed by atoms with Gasteiger partial charge in [-0.05, 0) is 18.6 Å². The Morgan fingerprint density at radius 3 is 2.76 bits per heavy atom. The van der Waals surface area contributed by atoms with Crippen molar-refractivity contribution in [2.75, 3.05) is 18.5 Å². The fourth-order valence-corrected chi connectivity index (χ4v) is 2.24. The van der Waals surface area contributed by atoms with Crippen LogP contribution in [0.1, 0.15) is 30.4 Å². The summed E-state index contributed by atoms with van der Waals surface area (Å²) in [7, 11) is 0. The highest BCUT2D eigenvalue weighted by atomic mass is 16.5. The number of aromatic amines is 2. The van der Waals surface area contributed by atoms with Crippen LogP contribution in [0.3, 0.4) is 0 Å². The van der Waals surface area contributed by atoms with E-state index in [0.29, 0.717) is 18.2 Å². The van der Waals surface area contributed by atoms with Gasteiger partial charge in [-0.15, -0.1) is 0 Å². The van der Waals surface area contributed by atoms with Crippen LogP contribution < -0.4 is 15.6 Å². The fraction of sp³-hybridized carbons (Fsp3) is 0.294. The molecular formula is C17H19N5O3. The fourth-order valence-electron chi connectivity index (χ4n) is 2.24. The average molecular weight is 341 g/mol. The summed E-state index contributed by atoms with van der Waals surface area (Å²) < 4.78 is 5.41. The van der Waals surface area contributed by atoms with Gasteiger partial charge >= 0.3 is 0 Å². The number of H-pyrrole nitrogens is 2. The van der Waals surface area contributed by atoms with Crippen molar-refractivity contribution in [2.24, 2.45) is 0 Å². The summed E-state index contributed by atoms with van der Waals surface area (Å²) in [6.45, 7) is 2.60. The first-order valence-electron chi connectivity index (χ1n) is 8.12. The Balaban J connectivity index is 1.74. The minimum absolute atomic E-state index is 0.0506. The standard InChI is InChI=1S/C17H19N5O3/c1-2-3-9-18-17-21-15-13(16(24)22-17)19-14(20-15)12(23)10-25-11-7-5-4-6-8-11/h4-8H,2-3,9-10H2,1H3,(H3,18,19,20,21,22,24). The number of ketones is 1. The molecule has 1 aromatic carbocycles. The molecule has 0 saturated heterocycles. The number of fused-ring (bicyclic) bond motifs is 1. The summed E-state index contributed by atoms with van der Waals surface area (Å²) in [6, 6.07) is 9.01. The molecule has 3 aromatic rings. The number of benzene rings is 1. The highest BCUT2D eigenvalue weighted by molar-refractivity contribution is 5.96. The van der Waals surface area contributed by atoms with Gasteiger partial charge in [-0.1, -0.05) is 31.5 Å². The molecule has 25 heavy (non-hydrogen) atoms. The van der Waals surface area contributed by atoms with Crippen LogP contribution >= 0.6 is 0 Å². The van der Waals surface area contributed by atoms with Crippen molar-refractivity contribution in [1.29, 1.82) is 0 Å². The van der Waals surface area contributed by atoms with Crippen molar-refractivity contribution in [1.82, 2.24) is 19.9 Å². The van der Waals surface area contributed by atoms with E-state index in [9.17, 15) is 9.59 Å². The molecule has 130 valence electrons. The Morgan fingerprint density at radius 1 is 1.20 bits per heavy atom. The molecule has 2 heterocycles. The summed E-state index contributed by atoms with van der Waals surface area (Å²) in [6.07, 6.45) is 1.99. The molecule has 8 nitrogen and oxygen atoms in total. The molecule has 0 radical (unpaired) electrons. The molecule has 0 aliphatic heterocycles. The molecule has 0 aliphatic carbocycles. The number of unbranched alkanes of at least 4 members (excludes halogenated alkanes) is 1. The van der Waals surface area contributed by atoms with E-state index in [-0.39, 0.29) is 34.9 Å². The minimum Gasteiger partial charge on any atom is -0.485 e. The number of anilines is 1. The van der Waals surface area contributed by atoms with Crippen molar-refractivity contribution >= 4 is 22.9 Å². The first-order valence-corrected chi connectivity index (χ1v) is 8.12. The van der Waals surface area contributed by atoms with Crippen LogP contribution in [0, 0.1) is 0 Å². The molecule has 0 spiro atoms. The van der Waals surface area contributed by atoms with E-state index in [2.05, 4.69) is 32.2 Å². The van der Waals surface area contributed by atoms with E-state index in [1.807, 2.05) is 18.2 Å². The van der Waals surface area contributed by atoms with E-state index in [4.69, 9.17) is 4.74 Å². The third-order valence-electron chi connectivity index (χ3n) is 3.56. The van der Waals surface area contributed by atoms with Crippen LogP contribution in [0.5, 0.6) is 5.75 Å². The van der Waals surface area contributed by atoms with E-state index in [0.717, 1.165) is 12.8 Å². The molecule has 3 N–H and O–H groups in total. The molecule has 0 fully saturated rings. The van der Waals surface area contributed by atoms with Gasteiger partial charge in [-0.3, -0.25) is 14.6 Å². The molecule has 2 aromatic heterocycles. The summed E-state index contributed by atoms with van der Waals surface area (Å²) in [5.74, 6) is 0.624. The lowest BCUT2D eigenvalue weighted by Gasteiger charge is -2.02. The second-order valence-electron chi connectivity index (χ2n) is 5.50. The summed E-state index contributed by atoms with van der Waals surface area (Å²) in [5, 5.41) is 3.03. The van der Waals surface area contributed by atoms with E-state index >= 15 is 0 Å². The number of aromatic nitrogens is 4. The van der Waals surface area contributed by atoms with Crippen LogP contribution in [0.2, 0.25) is 0 Å². The second-order valence-corrected chi connectivity index (χ2v) is 5.50. The zero-order valence-electron chi connectivity index (χ0n) is 13.8. The predicted octanol–water partition coefficient (Wildman–Crippen LogP) is 2.12. The van der Waals surface area contributed by atoms with Crippen molar-refractivity contribution in [2.45, 2.75) is 19.8 Å². The molecular weight excluding hydrogens is 322 g/mol. The lowest BCUT2D eigenvalue weighted by Crippen LogP contribution is -2.14. The van der Waals surface area contributed by atoms with Crippen LogP contribution in [-0.2, 0) is 0 Å². The highest BCUT2D eigenvalue weighted by Crippen LogP contribution is 2.10. The highest BCUT2D eigenvalue weighted by Gasteiger charge is 2.15. The largest absolute Gasteiger partial charge is 0.485 e. The molecule has 3 rings (SSSR count). The summed E-state index contributed by atoms with van der Waals surface area (Å²) in [5.41, 5.74) is -0.00515. The third-order valence-corrected chi connectivity index (χ3v) is 3.56. The number of hydrogen-bond acceptors (Lipinski definition) is 6. The molecule has 0 amide bonds. The normalized spacial score (nSPS) is 10.8. The van der Waals surface area contributed by atoms with Gasteiger partial charge in [0.15, 0.2) is 23.6 Å². The van der Waals surface area contributed by atoms with Crippen molar-refractivity contribution < 1.29 is 9.53 Å². The van der Waals surface area contributed by atoms with Crippen molar-refractivity contribution in [3.8, 4) is 5.75 Å². The van der Waals surface area contributed by atoms with Crippen LogP contribution in [0.4, 0.5) is 5.95 Å². The van der Waals surface area contributed by atoms with Gasteiger partial charge in [0.2, 0.25) is 11.7 Å². The first kappa shape index (κ1) is 16.7. The van der Waals surface area contributed by atoms with Crippen LogP contribution in [0.25, 0.3) is 11.2 Å². The zero-order chi connectivity index (χ0) is 17.6. The van der Waals surface area contributed by atoms with E-state index in [1.165, 1.54) is 0 Å². The Hall–Kier alpha value is -3.16.